The first-order valence-electron chi connectivity index (χ1n) is 6.18. The Labute approximate surface area is 96.6 Å². The first-order valence-corrected chi connectivity index (χ1v) is 6.18. The highest BCUT2D eigenvalue weighted by Gasteiger charge is 2.50. The van der Waals surface area contributed by atoms with Gasteiger partial charge in [-0.1, -0.05) is 6.42 Å². The maximum atomic E-state index is 10.7. The molecule has 16 heavy (non-hydrogen) atoms. The number of carboxylic acid groups (broad SMARTS) is 1. The Balaban J connectivity index is 1.92. The first-order chi connectivity index (χ1) is 7.66. The Morgan fingerprint density at radius 1 is 1.56 bits per heavy atom. The van der Waals surface area contributed by atoms with E-state index in [2.05, 4.69) is 4.90 Å². The Kier molecular flexibility index (Phi) is 3.50. The molecule has 1 spiro atoms. The molecule has 0 bridgehead atoms. The normalized spacial score (nSPS) is 28.2. The van der Waals surface area contributed by atoms with Crippen LogP contribution in [0.3, 0.4) is 0 Å². The average Bonchev–Trinajstić information content (AvgIpc) is 2.52. The van der Waals surface area contributed by atoms with Crippen molar-refractivity contribution in [2.45, 2.75) is 26.2 Å². The molecule has 0 unspecified atom stereocenters. The van der Waals surface area contributed by atoms with Crippen molar-refractivity contribution in [2.24, 2.45) is 11.3 Å². The van der Waals surface area contributed by atoms with Crippen LogP contribution in [0.4, 0.5) is 0 Å². The molecule has 1 atom stereocenters. The number of nitrogens with zero attached hydrogens (tertiary/aromatic N) is 1. The molecule has 1 aliphatic carbocycles. The van der Waals surface area contributed by atoms with Gasteiger partial charge >= 0.3 is 5.97 Å². The highest BCUT2D eigenvalue weighted by molar-refractivity contribution is 5.69. The third kappa shape index (κ3) is 2.23. The largest absolute Gasteiger partial charge is 0.480 e. The molecule has 0 aromatic heterocycles. The van der Waals surface area contributed by atoms with Crippen LogP contribution in [-0.2, 0) is 9.53 Å². The number of hydrogen-bond acceptors (Lipinski definition) is 3. The van der Waals surface area contributed by atoms with Crippen molar-refractivity contribution >= 4 is 5.97 Å². The molecule has 1 heterocycles. The fraction of sp³-hybridized carbons (Fsp3) is 0.917. The van der Waals surface area contributed by atoms with Gasteiger partial charge in [-0.3, -0.25) is 9.69 Å². The van der Waals surface area contributed by atoms with Crippen LogP contribution in [-0.4, -0.2) is 48.8 Å². The van der Waals surface area contributed by atoms with Crippen LogP contribution in [0.5, 0.6) is 0 Å². The van der Waals surface area contributed by atoms with Gasteiger partial charge < -0.3 is 9.84 Å². The lowest BCUT2D eigenvalue weighted by atomic mass is 9.63. The van der Waals surface area contributed by atoms with Crippen LogP contribution < -0.4 is 0 Å². The maximum absolute atomic E-state index is 10.7. The fourth-order valence-electron chi connectivity index (χ4n) is 3.14. The second-order valence-corrected chi connectivity index (χ2v) is 5.14. The minimum absolute atomic E-state index is 0.185. The van der Waals surface area contributed by atoms with E-state index in [9.17, 15) is 4.79 Å². The summed E-state index contributed by atoms with van der Waals surface area (Å²) in [4.78, 5) is 12.8. The molecule has 1 saturated carbocycles. The number of aliphatic carboxylic acids is 1. The molecule has 2 fully saturated rings. The predicted molar refractivity (Wildman–Crippen MR) is 60.3 cm³/mol. The maximum Gasteiger partial charge on any atom is 0.317 e. The fourth-order valence-corrected chi connectivity index (χ4v) is 3.14. The molecule has 1 aliphatic heterocycles. The molecule has 2 rings (SSSR count). The summed E-state index contributed by atoms with van der Waals surface area (Å²) >= 11 is 0. The Morgan fingerprint density at radius 3 is 2.81 bits per heavy atom. The molecule has 1 saturated heterocycles. The summed E-state index contributed by atoms with van der Waals surface area (Å²) in [7, 11) is 0. The van der Waals surface area contributed by atoms with E-state index < -0.39 is 5.97 Å². The van der Waals surface area contributed by atoms with E-state index in [1.165, 1.54) is 19.3 Å². The summed E-state index contributed by atoms with van der Waals surface area (Å²) in [6.07, 6.45) is 3.80. The molecule has 0 radical (unpaired) electrons. The van der Waals surface area contributed by atoms with E-state index in [1.807, 2.05) is 6.92 Å². The number of ether oxygens (including phenoxy) is 1. The van der Waals surface area contributed by atoms with Crippen molar-refractivity contribution in [1.29, 1.82) is 0 Å². The zero-order valence-corrected chi connectivity index (χ0v) is 9.95. The van der Waals surface area contributed by atoms with E-state index in [4.69, 9.17) is 9.84 Å². The molecule has 92 valence electrons. The zero-order chi connectivity index (χ0) is 11.6. The van der Waals surface area contributed by atoms with Crippen molar-refractivity contribution in [3.63, 3.8) is 0 Å². The molecular formula is C12H21NO3. The summed E-state index contributed by atoms with van der Waals surface area (Å²) in [5, 5.41) is 8.82. The van der Waals surface area contributed by atoms with Gasteiger partial charge in [0.15, 0.2) is 0 Å². The number of carbonyl (C=O) groups is 1. The highest BCUT2D eigenvalue weighted by Crippen LogP contribution is 2.51. The summed E-state index contributed by atoms with van der Waals surface area (Å²) in [6.45, 7) is 5.60. The molecule has 0 aromatic carbocycles. The average molecular weight is 227 g/mol. The van der Waals surface area contributed by atoms with Gasteiger partial charge in [0.2, 0.25) is 0 Å². The molecule has 4 nitrogen and oxygen atoms in total. The van der Waals surface area contributed by atoms with Gasteiger partial charge in [0.1, 0.15) is 0 Å². The van der Waals surface area contributed by atoms with E-state index in [0.717, 1.165) is 26.3 Å². The number of hydrogen-bond donors (Lipinski definition) is 1. The Morgan fingerprint density at radius 2 is 2.31 bits per heavy atom. The Hall–Kier alpha value is -0.610. The lowest BCUT2D eigenvalue weighted by Crippen LogP contribution is -2.39. The molecule has 2 aliphatic rings. The molecule has 0 amide bonds. The van der Waals surface area contributed by atoms with Crippen LogP contribution in [0.2, 0.25) is 0 Å². The number of likely N-dealkylation sites (tertiary alicyclic amines) is 1. The third-order valence-corrected chi connectivity index (χ3v) is 4.11. The van der Waals surface area contributed by atoms with Crippen molar-refractivity contribution < 1.29 is 14.6 Å². The lowest BCUT2D eigenvalue weighted by molar-refractivity contribution is -0.138. The third-order valence-electron chi connectivity index (χ3n) is 4.11. The molecular weight excluding hydrogens is 206 g/mol. The molecule has 4 heteroatoms. The van der Waals surface area contributed by atoms with Gasteiger partial charge in [-0.2, -0.15) is 0 Å². The number of carboxylic acids is 1. The highest BCUT2D eigenvalue weighted by atomic mass is 16.5. The van der Waals surface area contributed by atoms with Gasteiger partial charge in [-0.15, -0.1) is 0 Å². The lowest BCUT2D eigenvalue weighted by Gasteiger charge is -2.42. The van der Waals surface area contributed by atoms with Crippen molar-refractivity contribution in [3.8, 4) is 0 Å². The van der Waals surface area contributed by atoms with Crippen LogP contribution >= 0.6 is 0 Å². The van der Waals surface area contributed by atoms with Gasteiger partial charge in [0.05, 0.1) is 13.2 Å². The van der Waals surface area contributed by atoms with Crippen LogP contribution in [0.15, 0.2) is 0 Å². The van der Waals surface area contributed by atoms with E-state index in [1.54, 1.807) is 0 Å². The molecule has 1 N–H and O–H groups in total. The SMILES string of the molecule is CCOC[C@H]1CN(CC(=O)O)CC12CCC2. The van der Waals surface area contributed by atoms with E-state index in [-0.39, 0.29) is 6.54 Å². The quantitative estimate of drug-likeness (QED) is 0.767. The summed E-state index contributed by atoms with van der Waals surface area (Å²) in [5.74, 6) is -0.174. The van der Waals surface area contributed by atoms with E-state index >= 15 is 0 Å². The van der Waals surface area contributed by atoms with Crippen LogP contribution in [0.25, 0.3) is 0 Å². The van der Waals surface area contributed by atoms with Gasteiger partial charge in [-0.05, 0) is 25.2 Å². The summed E-state index contributed by atoms with van der Waals surface area (Å²) < 4.78 is 5.53. The topological polar surface area (TPSA) is 49.8 Å². The monoisotopic (exact) mass is 227 g/mol. The summed E-state index contributed by atoms with van der Waals surface area (Å²) in [5.41, 5.74) is 0.380. The smallest absolute Gasteiger partial charge is 0.317 e. The van der Waals surface area contributed by atoms with E-state index in [0.29, 0.717) is 11.3 Å². The standard InChI is InChI=1S/C12H21NO3/c1-2-16-8-10-6-13(7-11(14)15)9-12(10)4-3-5-12/h10H,2-9H2,1H3,(H,14,15)/t10-/m1/s1. The predicted octanol–water partition coefficient (Wildman–Crippen LogP) is 1.21. The minimum Gasteiger partial charge on any atom is -0.480 e. The number of rotatable bonds is 5. The van der Waals surface area contributed by atoms with Gasteiger partial charge in [0.25, 0.3) is 0 Å². The van der Waals surface area contributed by atoms with Crippen LogP contribution in [0, 0.1) is 11.3 Å². The van der Waals surface area contributed by atoms with Crippen molar-refractivity contribution in [2.75, 3.05) is 32.8 Å². The first kappa shape index (κ1) is 11.9. The Bertz CT molecular complexity index is 263. The van der Waals surface area contributed by atoms with Gasteiger partial charge in [0, 0.05) is 25.6 Å². The van der Waals surface area contributed by atoms with Crippen molar-refractivity contribution in [3.05, 3.63) is 0 Å². The van der Waals surface area contributed by atoms with Crippen LogP contribution in [0.1, 0.15) is 26.2 Å². The van der Waals surface area contributed by atoms with Gasteiger partial charge in [-0.25, -0.2) is 0 Å². The second kappa shape index (κ2) is 4.72. The minimum atomic E-state index is -0.716. The molecule has 0 aromatic rings. The summed E-state index contributed by atoms with van der Waals surface area (Å²) in [6, 6.07) is 0. The zero-order valence-electron chi connectivity index (χ0n) is 9.95. The van der Waals surface area contributed by atoms with Crippen molar-refractivity contribution in [1.82, 2.24) is 4.90 Å². The second-order valence-electron chi connectivity index (χ2n) is 5.14.